The van der Waals surface area contributed by atoms with Crippen LogP contribution in [-0.2, 0) is 16.2 Å². The lowest BCUT2D eigenvalue weighted by atomic mass is 10.2. The van der Waals surface area contributed by atoms with E-state index in [4.69, 9.17) is 0 Å². The molecule has 128 valence electrons. The molecular formula is C13H9F3N2O5S. The maximum Gasteiger partial charge on any atom is 0.416 e. The number of phenols is 1. The van der Waals surface area contributed by atoms with Gasteiger partial charge in [-0.1, -0.05) is 6.07 Å². The number of anilines is 1. The Labute approximate surface area is 133 Å². The summed E-state index contributed by atoms with van der Waals surface area (Å²) >= 11 is 0. The SMILES string of the molecule is O=[N+]([O-])c1cc(S(=O)(=O)Nc2cccc(C(F)(F)F)c2)ccc1O. The van der Waals surface area contributed by atoms with E-state index in [1.165, 1.54) is 0 Å². The predicted molar refractivity (Wildman–Crippen MR) is 77.0 cm³/mol. The molecule has 24 heavy (non-hydrogen) atoms. The summed E-state index contributed by atoms with van der Waals surface area (Å²) in [7, 11) is -4.38. The molecule has 0 amide bonds. The molecule has 0 atom stereocenters. The van der Waals surface area contributed by atoms with Crippen molar-refractivity contribution in [2.24, 2.45) is 0 Å². The van der Waals surface area contributed by atoms with E-state index < -0.39 is 43.0 Å². The Bertz CT molecular complexity index is 897. The maximum atomic E-state index is 12.6. The van der Waals surface area contributed by atoms with E-state index >= 15 is 0 Å². The number of rotatable bonds is 4. The Morgan fingerprint density at radius 2 is 1.79 bits per heavy atom. The Balaban J connectivity index is 2.39. The number of benzene rings is 2. The molecule has 0 aliphatic heterocycles. The molecule has 11 heteroatoms. The van der Waals surface area contributed by atoms with Gasteiger partial charge in [0.15, 0.2) is 5.75 Å². The molecule has 0 saturated carbocycles. The monoisotopic (exact) mass is 362 g/mol. The average Bonchev–Trinajstić information content (AvgIpc) is 2.46. The fourth-order valence-corrected chi connectivity index (χ4v) is 2.86. The van der Waals surface area contributed by atoms with Crippen molar-refractivity contribution >= 4 is 21.4 Å². The zero-order chi connectivity index (χ0) is 18.1. The van der Waals surface area contributed by atoms with Gasteiger partial charge in [-0.15, -0.1) is 0 Å². The van der Waals surface area contributed by atoms with Crippen molar-refractivity contribution in [3.05, 3.63) is 58.1 Å². The fraction of sp³-hybridized carbons (Fsp3) is 0.0769. The number of nitrogens with one attached hydrogen (secondary N) is 1. The summed E-state index contributed by atoms with van der Waals surface area (Å²) in [5.74, 6) is -0.738. The van der Waals surface area contributed by atoms with Gasteiger partial charge in [0.05, 0.1) is 15.4 Å². The van der Waals surface area contributed by atoms with E-state index in [9.17, 15) is 36.8 Å². The summed E-state index contributed by atoms with van der Waals surface area (Å²) in [6.45, 7) is 0. The van der Waals surface area contributed by atoms with Crippen LogP contribution in [-0.4, -0.2) is 18.4 Å². The van der Waals surface area contributed by atoms with E-state index in [2.05, 4.69) is 0 Å². The van der Waals surface area contributed by atoms with Gasteiger partial charge in [0, 0.05) is 11.8 Å². The van der Waals surface area contributed by atoms with Crippen LogP contribution in [0.4, 0.5) is 24.5 Å². The van der Waals surface area contributed by atoms with Crippen LogP contribution < -0.4 is 4.72 Å². The van der Waals surface area contributed by atoms with E-state index in [0.29, 0.717) is 12.1 Å². The first kappa shape index (κ1) is 17.5. The highest BCUT2D eigenvalue weighted by Gasteiger charge is 2.31. The Morgan fingerprint density at radius 1 is 1.12 bits per heavy atom. The summed E-state index contributed by atoms with van der Waals surface area (Å²) in [6, 6.07) is 5.76. The standard InChI is InChI=1S/C13H9F3N2O5S/c14-13(15,16)8-2-1-3-9(6-8)17-24(22,23)10-4-5-12(19)11(7-10)18(20)21/h1-7,17,19H. The number of nitro groups is 1. The third kappa shape index (κ3) is 3.74. The van der Waals surface area contributed by atoms with Crippen LogP contribution in [0.3, 0.4) is 0 Å². The largest absolute Gasteiger partial charge is 0.502 e. The van der Waals surface area contributed by atoms with Crippen LogP contribution >= 0.6 is 0 Å². The number of hydrogen-bond donors (Lipinski definition) is 2. The number of aromatic hydroxyl groups is 1. The van der Waals surface area contributed by atoms with Gasteiger partial charge in [-0.2, -0.15) is 13.2 Å². The summed E-state index contributed by atoms with van der Waals surface area (Å²) in [6.07, 6.45) is -4.65. The van der Waals surface area contributed by atoms with Gasteiger partial charge in [-0.25, -0.2) is 8.42 Å². The average molecular weight is 362 g/mol. The van der Waals surface area contributed by atoms with Crippen molar-refractivity contribution in [1.82, 2.24) is 0 Å². The van der Waals surface area contributed by atoms with Crippen molar-refractivity contribution in [2.75, 3.05) is 4.72 Å². The topological polar surface area (TPSA) is 110 Å². The smallest absolute Gasteiger partial charge is 0.416 e. The first-order chi connectivity index (χ1) is 11.0. The molecule has 0 radical (unpaired) electrons. The Morgan fingerprint density at radius 3 is 2.38 bits per heavy atom. The molecule has 0 aliphatic rings. The number of halogens is 3. The second kappa shape index (κ2) is 6.00. The van der Waals surface area contributed by atoms with Gasteiger partial charge in [0.1, 0.15) is 0 Å². The third-order valence-corrected chi connectivity index (χ3v) is 4.27. The molecule has 0 fully saturated rings. The number of phenolic OH excluding ortho intramolecular Hbond substituents is 1. The first-order valence-electron chi connectivity index (χ1n) is 6.18. The second-order valence-corrected chi connectivity index (χ2v) is 6.27. The lowest BCUT2D eigenvalue weighted by Crippen LogP contribution is -2.14. The summed E-state index contributed by atoms with van der Waals surface area (Å²) < 4.78 is 64.1. The molecule has 2 rings (SSSR count). The summed E-state index contributed by atoms with van der Waals surface area (Å²) in [5, 5.41) is 20.0. The minimum Gasteiger partial charge on any atom is -0.502 e. The maximum absolute atomic E-state index is 12.6. The van der Waals surface area contributed by atoms with Crippen molar-refractivity contribution in [2.45, 2.75) is 11.1 Å². The number of nitrogens with zero attached hydrogens (tertiary/aromatic N) is 1. The van der Waals surface area contributed by atoms with E-state index in [1.54, 1.807) is 0 Å². The molecule has 0 heterocycles. The van der Waals surface area contributed by atoms with E-state index in [1.807, 2.05) is 4.72 Å². The number of hydrogen-bond acceptors (Lipinski definition) is 5. The quantitative estimate of drug-likeness (QED) is 0.641. The highest BCUT2D eigenvalue weighted by molar-refractivity contribution is 7.92. The Hall–Kier alpha value is -2.82. The molecule has 0 unspecified atom stereocenters. The molecule has 2 aromatic rings. The minimum absolute atomic E-state index is 0.361. The summed E-state index contributed by atoms with van der Waals surface area (Å²) in [5.41, 5.74) is -2.26. The van der Waals surface area contributed by atoms with Crippen LogP contribution in [0.1, 0.15) is 5.56 Å². The number of sulfonamides is 1. The molecule has 0 saturated heterocycles. The molecule has 0 aliphatic carbocycles. The molecule has 2 aromatic carbocycles. The molecule has 2 N–H and O–H groups in total. The third-order valence-electron chi connectivity index (χ3n) is 2.90. The van der Waals surface area contributed by atoms with Gasteiger partial charge in [0.2, 0.25) is 0 Å². The van der Waals surface area contributed by atoms with Gasteiger partial charge in [-0.05, 0) is 30.3 Å². The van der Waals surface area contributed by atoms with Gasteiger partial charge < -0.3 is 5.11 Å². The molecular weight excluding hydrogens is 353 g/mol. The number of nitro benzene ring substituents is 1. The lowest BCUT2D eigenvalue weighted by Gasteiger charge is -2.11. The van der Waals surface area contributed by atoms with Crippen LogP contribution in [0.15, 0.2) is 47.4 Å². The van der Waals surface area contributed by atoms with Crippen LogP contribution in [0.25, 0.3) is 0 Å². The molecule has 0 aromatic heterocycles. The van der Waals surface area contributed by atoms with Crippen molar-refractivity contribution in [3.63, 3.8) is 0 Å². The molecule has 7 nitrogen and oxygen atoms in total. The van der Waals surface area contributed by atoms with Crippen LogP contribution in [0.5, 0.6) is 5.75 Å². The van der Waals surface area contributed by atoms with Crippen LogP contribution in [0.2, 0.25) is 0 Å². The highest BCUT2D eigenvalue weighted by Crippen LogP contribution is 2.32. The van der Waals surface area contributed by atoms with Crippen molar-refractivity contribution in [3.8, 4) is 5.75 Å². The zero-order valence-electron chi connectivity index (χ0n) is 11.6. The van der Waals surface area contributed by atoms with Crippen molar-refractivity contribution in [1.29, 1.82) is 0 Å². The molecule has 0 spiro atoms. The second-order valence-electron chi connectivity index (χ2n) is 4.59. The van der Waals surface area contributed by atoms with E-state index in [-0.39, 0.29) is 5.69 Å². The van der Waals surface area contributed by atoms with Gasteiger partial charge in [0.25, 0.3) is 10.0 Å². The van der Waals surface area contributed by atoms with Crippen molar-refractivity contribution < 1.29 is 31.6 Å². The number of alkyl halides is 3. The van der Waals surface area contributed by atoms with Crippen LogP contribution in [0, 0.1) is 10.1 Å². The normalized spacial score (nSPS) is 12.0. The van der Waals surface area contributed by atoms with Gasteiger partial charge in [-0.3, -0.25) is 14.8 Å². The van der Waals surface area contributed by atoms with E-state index in [0.717, 1.165) is 30.3 Å². The summed E-state index contributed by atoms with van der Waals surface area (Å²) in [4.78, 5) is 9.15. The highest BCUT2D eigenvalue weighted by atomic mass is 32.2. The lowest BCUT2D eigenvalue weighted by molar-refractivity contribution is -0.386. The molecule has 0 bridgehead atoms. The fourth-order valence-electron chi connectivity index (χ4n) is 1.79. The predicted octanol–water partition coefficient (Wildman–Crippen LogP) is 3.12. The van der Waals surface area contributed by atoms with Gasteiger partial charge >= 0.3 is 11.9 Å². The Kier molecular flexibility index (Phi) is 4.38. The zero-order valence-corrected chi connectivity index (χ0v) is 12.4. The minimum atomic E-state index is -4.65. The first-order valence-corrected chi connectivity index (χ1v) is 7.66.